The van der Waals surface area contributed by atoms with Gasteiger partial charge in [-0.05, 0) is 26.1 Å². The number of rotatable bonds is 2. The molecule has 1 fully saturated rings. The molecule has 0 aliphatic carbocycles. The van der Waals surface area contributed by atoms with E-state index in [1.54, 1.807) is 18.2 Å². The van der Waals surface area contributed by atoms with Gasteiger partial charge in [0, 0.05) is 5.56 Å². The third-order valence-electron chi connectivity index (χ3n) is 3.22. The van der Waals surface area contributed by atoms with E-state index in [-0.39, 0.29) is 11.8 Å². The molecule has 0 bridgehead atoms. The topological polar surface area (TPSA) is 60.8 Å². The van der Waals surface area contributed by atoms with Gasteiger partial charge in [-0.25, -0.2) is 0 Å². The van der Waals surface area contributed by atoms with Crippen LogP contribution in [0, 0.1) is 5.92 Å². The summed E-state index contributed by atoms with van der Waals surface area (Å²) in [7, 11) is 1.89. The third kappa shape index (κ3) is 1.76. The van der Waals surface area contributed by atoms with E-state index in [2.05, 4.69) is 0 Å². The minimum Gasteiger partial charge on any atom is -0.508 e. The number of nitrogens with zero attached hydrogens (tertiary/aromatic N) is 1. The molecule has 2 unspecified atom stereocenters. The molecule has 0 saturated carbocycles. The quantitative estimate of drug-likeness (QED) is 0.794. The molecular weight excluding hydrogens is 206 g/mol. The molecule has 2 atom stereocenters. The Hall–Kier alpha value is -1.55. The van der Waals surface area contributed by atoms with Crippen molar-refractivity contribution in [2.45, 2.75) is 12.5 Å². The van der Waals surface area contributed by atoms with E-state index in [9.17, 15) is 9.90 Å². The highest BCUT2D eigenvalue weighted by molar-refractivity contribution is 5.72. The molecule has 1 aliphatic heterocycles. The molecule has 1 aromatic carbocycles. The largest absolute Gasteiger partial charge is 0.508 e. The first-order chi connectivity index (χ1) is 7.61. The van der Waals surface area contributed by atoms with Gasteiger partial charge in [0.05, 0.1) is 12.0 Å². The highest BCUT2D eigenvalue weighted by atomic mass is 16.4. The van der Waals surface area contributed by atoms with Crippen LogP contribution in [0.5, 0.6) is 5.75 Å². The van der Waals surface area contributed by atoms with Crippen LogP contribution < -0.4 is 0 Å². The van der Waals surface area contributed by atoms with Crippen molar-refractivity contribution in [3.63, 3.8) is 0 Å². The van der Waals surface area contributed by atoms with Crippen LogP contribution in [0.3, 0.4) is 0 Å². The van der Waals surface area contributed by atoms with Crippen molar-refractivity contribution < 1.29 is 15.0 Å². The maximum atomic E-state index is 11.1. The van der Waals surface area contributed by atoms with Gasteiger partial charge in [-0.15, -0.1) is 0 Å². The minimum atomic E-state index is -0.794. The Kier molecular flexibility index (Phi) is 2.83. The number of likely N-dealkylation sites (tertiary alicyclic amines) is 1. The molecule has 4 heteroatoms. The van der Waals surface area contributed by atoms with E-state index < -0.39 is 11.9 Å². The lowest BCUT2D eigenvalue weighted by Gasteiger charge is -2.23. The van der Waals surface area contributed by atoms with Gasteiger partial charge in [-0.1, -0.05) is 18.2 Å². The number of carboxylic acids is 1. The Balaban J connectivity index is 2.37. The molecule has 4 nitrogen and oxygen atoms in total. The zero-order valence-corrected chi connectivity index (χ0v) is 9.13. The fourth-order valence-corrected chi connectivity index (χ4v) is 2.40. The van der Waals surface area contributed by atoms with Gasteiger partial charge in [-0.3, -0.25) is 9.69 Å². The van der Waals surface area contributed by atoms with Gasteiger partial charge in [0.2, 0.25) is 0 Å². The van der Waals surface area contributed by atoms with Crippen LogP contribution in [-0.2, 0) is 4.79 Å². The lowest BCUT2D eigenvalue weighted by atomic mass is 9.93. The van der Waals surface area contributed by atoms with Crippen LogP contribution in [0.25, 0.3) is 0 Å². The number of benzene rings is 1. The number of carboxylic acid groups (broad SMARTS) is 1. The van der Waals surface area contributed by atoms with Crippen LogP contribution in [-0.4, -0.2) is 34.7 Å². The number of para-hydroxylation sites is 1. The van der Waals surface area contributed by atoms with Crippen molar-refractivity contribution in [3.05, 3.63) is 29.8 Å². The van der Waals surface area contributed by atoms with E-state index in [0.29, 0.717) is 12.0 Å². The molecule has 86 valence electrons. The van der Waals surface area contributed by atoms with E-state index in [4.69, 9.17) is 5.11 Å². The molecule has 2 N–H and O–H groups in total. The van der Waals surface area contributed by atoms with Gasteiger partial charge in [0.1, 0.15) is 5.75 Å². The highest BCUT2D eigenvalue weighted by Crippen LogP contribution is 2.39. The Morgan fingerprint density at radius 1 is 1.44 bits per heavy atom. The van der Waals surface area contributed by atoms with E-state index in [1.165, 1.54) is 0 Å². The Morgan fingerprint density at radius 3 is 2.75 bits per heavy atom. The maximum absolute atomic E-state index is 11.1. The SMILES string of the molecule is CN1CCC(C(=O)O)C1c1ccccc1O. The lowest BCUT2D eigenvalue weighted by Crippen LogP contribution is -2.25. The molecule has 0 amide bonds. The first kappa shape index (κ1) is 11.0. The zero-order chi connectivity index (χ0) is 11.7. The summed E-state index contributed by atoms with van der Waals surface area (Å²) in [6, 6.07) is 6.72. The van der Waals surface area contributed by atoms with Crippen LogP contribution in [0.15, 0.2) is 24.3 Å². The second-order valence-electron chi connectivity index (χ2n) is 4.22. The molecular formula is C12H15NO3. The van der Waals surface area contributed by atoms with Crippen molar-refractivity contribution in [2.24, 2.45) is 5.92 Å². The number of hydrogen-bond donors (Lipinski definition) is 2. The highest BCUT2D eigenvalue weighted by Gasteiger charge is 2.38. The summed E-state index contributed by atoms with van der Waals surface area (Å²) in [6.07, 6.45) is 0.630. The summed E-state index contributed by atoms with van der Waals surface area (Å²) in [5.74, 6) is -1.05. The summed E-state index contributed by atoms with van der Waals surface area (Å²) in [6.45, 7) is 0.746. The molecule has 0 radical (unpaired) electrons. The Labute approximate surface area is 94.1 Å². The van der Waals surface area contributed by atoms with Crippen molar-refractivity contribution in [2.75, 3.05) is 13.6 Å². The summed E-state index contributed by atoms with van der Waals surface area (Å²) in [5.41, 5.74) is 0.704. The van der Waals surface area contributed by atoms with Crippen molar-refractivity contribution >= 4 is 5.97 Å². The predicted molar refractivity (Wildman–Crippen MR) is 59.2 cm³/mol. The molecule has 0 aromatic heterocycles. The van der Waals surface area contributed by atoms with Crippen LogP contribution >= 0.6 is 0 Å². The van der Waals surface area contributed by atoms with E-state index in [1.807, 2.05) is 18.0 Å². The molecule has 1 aliphatic rings. The summed E-state index contributed by atoms with van der Waals surface area (Å²) < 4.78 is 0. The zero-order valence-electron chi connectivity index (χ0n) is 9.13. The molecule has 0 spiro atoms. The number of phenols is 1. The third-order valence-corrected chi connectivity index (χ3v) is 3.22. The normalized spacial score (nSPS) is 25.8. The summed E-state index contributed by atoms with van der Waals surface area (Å²) in [5, 5.41) is 18.9. The van der Waals surface area contributed by atoms with Crippen molar-refractivity contribution in [1.29, 1.82) is 0 Å². The monoisotopic (exact) mass is 221 g/mol. The second-order valence-corrected chi connectivity index (χ2v) is 4.22. The fourth-order valence-electron chi connectivity index (χ4n) is 2.40. The number of aromatic hydroxyl groups is 1. The molecule has 1 aromatic rings. The van der Waals surface area contributed by atoms with E-state index in [0.717, 1.165) is 6.54 Å². The fraction of sp³-hybridized carbons (Fsp3) is 0.417. The van der Waals surface area contributed by atoms with Crippen molar-refractivity contribution in [3.8, 4) is 5.75 Å². The van der Waals surface area contributed by atoms with Crippen LogP contribution in [0.2, 0.25) is 0 Å². The average Bonchev–Trinajstić information content (AvgIpc) is 2.61. The van der Waals surface area contributed by atoms with Gasteiger partial charge in [0.15, 0.2) is 0 Å². The smallest absolute Gasteiger partial charge is 0.308 e. The molecule has 1 saturated heterocycles. The summed E-state index contributed by atoms with van der Waals surface area (Å²) in [4.78, 5) is 13.1. The predicted octanol–water partition coefficient (Wildman–Crippen LogP) is 1.47. The number of hydrogen-bond acceptors (Lipinski definition) is 3. The number of carbonyl (C=O) groups is 1. The van der Waals surface area contributed by atoms with Crippen molar-refractivity contribution in [1.82, 2.24) is 4.90 Å². The molecule has 2 rings (SSSR count). The first-order valence-corrected chi connectivity index (χ1v) is 5.32. The number of aliphatic carboxylic acids is 1. The maximum Gasteiger partial charge on any atom is 0.308 e. The van der Waals surface area contributed by atoms with Gasteiger partial charge in [-0.2, -0.15) is 0 Å². The average molecular weight is 221 g/mol. The van der Waals surface area contributed by atoms with Gasteiger partial charge < -0.3 is 10.2 Å². The van der Waals surface area contributed by atoms with Gasteiger partial charge in [0.25, 0.3) is 0 Å². The van der Waals surface area contributed by atoms with Crippen LogP contribution in [0.4, 0.5) is 0 Å². The Bertz CT molecular complexity index is 405. The Morgan fingerprint density at radius 2 is 2.12 bits per heavy atom. The second kappa shape index (κ2) is 4.14. The minimum absolute atomic E-state index is 0.174. The van der Waals surface area contributed by atoms with E-state index >= 15 is 0 Å². The standard InChI is InChI=1S/C12H15NO3/c1-13-7-6-9(12(15)16)11(13)8-4-2-3-5-10(8)14/h2-5,9,11,14H,6-7H2,1H3,(H,15,16). The lowest BCUT2D eigenvalue weighted by molar-refractivity contribution is -0.142. The molecule has 16 heavy (non-hydrogen) atoms. The van der Waals surface area contributed by atoms with Crippen LogP contribution in [0.1, 0.15) is 18.0 Å². The van der Waals surface area contributed by atoms with Gasteiger partial charge >= 0.3 is 5.97 Å². The number of phenolic OH excluding ortho intramolecular Hbond substituents is 1. The molecule has 1 heterocycles. The summed E-state index contributed by atoms with van der Waals surface area (Å²) >= 11 is 0. The first-order valence-electron chi connectivity index (χ1n) is 5.32.